The molecule has 2 aromatic carbocycles. The molecule has 0 aliphatic carbocycles. The third-order valence-electron chi connectivity index (χ3n) is 6.26. The van der Waals surface area contributed by atoms with Crippen molar-refractivity contribution in [2.24, 2.45) is 0 Å². The van der Waals surface area contributed by atoms with Crippen LogP contribution in [0.2, 0.25) is 0 Å². The molecule has 2 saturated heterocycles. The van der Waals surface area contributed by atoms with E-state index in [1.165, 1.54) is 0 Å². The smallest absolute Gasteiger partial charge is 0.352 e. The van der Waals surface area contributed by atoms with Gasteiger partial charge in [0.05, 0.1) is 24.8 Å². The third-order valence-corrected chi connectivity index (χ3v) is 6.26. The molecule has 0 unspecified atom stereocenters. The lowest BCUT2D eigenvalue weighted by atomic mass is 10.0. The number of fused-ring (bicyclic) bond motifs is 3. The van der Waals surface area contributed by atoms with Gasteiger partial charge in [-0.15, -0.1) is 0 Å². The number of hydrogen-bond acceptors (Lipinski definition) is 6. The summed E-state index contributed by atoms with van der Waals surface area (Å²) in [6.45, 7) is 1.71. The predicted octanol–water partition coefficient (Wildman–Crippen LogP) is 3.25. The number of morpholine rings is 1. The summed E-state index contributed by atoms with van der Waals surface area (Å²) >= 11 is 0. The SMILES string of the molecule is O=c1nc(OCc2cc(F)c(Oc3ccccc3)c(F)c2)cc2n1C[C@]13CO[C@H](CN21)C3. The maximum Gasteiger partial charge on any atom is 0.352 e. The van der Waals surface area contributed by atoms with Crippen LogP contribution in [-0.2, 0) is 17.9 Å². The van der Waals surface area contributed by atoms with Gasteiger partial charge in [-0.1, -0.05) is 18.2 Å². The van der Waals surface area contributed by atoms with Crippen LogP contribution in [0, 0.1) is 11.6 Å². The van der Waals surface area contributed by atoms with Crippen molar-refractivity contribution < 1.29 is 23.0 Å². The van der Waals surface area contributed by atoms with E-state index in [1.54, 1.807) is 41.0 Å². The Labute approximate surface area is 181 Å². The molecule has 0 N–H and O–H groups in total. The Kier molecular flexibility index (Phi) is 4.23. The first-order valence-electron chi connectivity index (χ1n) is 10.4. The normalized spacial score (nSPS) is 22.7. The van der Waals surface area contributed by atoms with E-state index in [-0.39, 0.29) is 29.7 Å². The molecule has 7 nitrogen and oxygen atoms in total. The molecule has 2 fully saturated rings. The van der Waals surface area contributed by atoms with E-state index in [0.29, 0.717) is 18.9 Å². The minimum Gasteiger partial charge on any atom is -0.473 e. The number of para-hydroxylation sites is 1. The lowest BCUT2D eigenvalue weighted by Crippen LogP contribution is -2.46. The Hall–Kier alpha value is -3.46. The van der Waals surface area contributed by atoms with E-state index < -0.39 is 23.1 Å². The van der Waals surface area contributed by atoms with Gasteiger partial charge in [0, 0.05) is 19.0 Å². The van der Waals surface area contributed by atoms with Gasteiger partial charge in [-0.25, -0.2) is 13.6 Å². The van der Waals surface area contributed by atoms with E-state index in [0.717, 1.165) is 30.9 Å². The zero-order valence-corrected chi connectivity index (χ0v) is 17.0. The highest BCUT2D eigenvalue weighted by Gasteiger charge is 2.56. The van der Waals surface area contributed by atoms with Gasteiger partial charge in [-0.2, -0.15) is 4.98 Å². The van der Waals surface area contributed by atoms with Crippen molar-refractivity contribution in [3.63, 3.8) is 0 Å². The van der Waals surface area contributed by atoms with E-state index in [1.807, 2.05) is 0 Å². The average molecular weight is 439 g/mol. The van der Waals surface area contributed by atoms with Crippen LogP contribution in [-0.4, -0.2) is 34.3 Å². The first-order valence-corrected chi connectivity index (χ1v) is 10.4. The van der Waals surface area contributed by atoms with Gasteiger partial charge in [0.25, 0.3) is 0 Å². The highest BCUT2D eigenvalue weighted by molar-refractivity contribution is 5.52. The number of rotatable bonds is 5. The molecule has 2 atom stereocenters. The second-order valence-electron chi connectivity index (χ2n) is 8.39. The standard InChI is InChI=1S/C23H19F2N3O4/c24-17-6-14(7-18(25)21(17)32-15-4-2-1-3-5-15)11-30-19-8-20-27(22(29)26-19)12-23-9-16(31-13-23)10-28(20)23/h1-8,16H,9-13H2/t16-,23+/m0/s1. The summed E-state index contributed by atoms with van der Waals surface area (Å²) in [6, 6.07) is 12.4. The molecule has 9 heteroatoms. The van der Waals surface area contributed by atoms with Crippen molar-refractivity contribution in [1.82, 2.24) is 9.55 Å². The molecule has 1 spiro atoms. The van der Waals surface area contributed by atoms with E-state index in [9.17, 15) is 13.6 Å². The van der Waals surface area contributed by atoms with Gasteiger partial charge in [-0.3, -0.25) is 4.57 Å². The number of nitrogens with zero attached hydrogens (tertiary/aromatic N) is 3. The van der Waals surface area contributed by atoms with Crippen LogP contribution in [0.25, 0.3) is 0 Å². The molecule has 3 aliphatic heterocycles. The first-order chi connectivity index (χ1) is 15.5. The second-order valence-corrected chi connectivity index (χ2v) is 8.39. The first kappa shape index (κ1) is 19.2. The molecular formula is C23H19F2N3O4. The van der Waals surface area contributed by atoms with Crippen LogP contribution in [0.3, 0.4) is 0 Å². The van der Waals surface area contributed by atoms with Crippen LogP contribution in [0.5, 0.6) is 17.4 Å². The topological polar surface area (TPSA) is 65.8 Å². The van der Waals surface area contributed by atoms with Crippen LogP contribution < -0.4 is 20.1 Å². The van der Waals surface area contributed by atoms with Gasteiger partial charge < -0.3 is 19.1 Å². The van der Waals surface area contributed by atoms with E-state index >= 15 is 0 Å². The molecule has 3 aromatic rings. The van der Waals surface area contributed by atoms with Gasteiger partial charge >= 0.3 is 5.69 Å². The Morgan fingerprint density at radius 3 is 2.69 bits per heavy atom. The lowest BCUT2D eigenvalue weighted by Gasteiger charge is -2.32. The van der Waals surface area contributed by atoms with Gasteiger partial charge in [0.2, 0.25) is 5.88 Å². The summed E-state index contributed by atoms with van der Waals surface area (Å²) in [5, 5.41) is 0. The summed E-state index contributed by atoms with van der Waals surface area (Å²) in [6.07, 6.45) is 1.07. The molecular weight excluding hydrogens is 420 g/mol. The summed E-state index contributed by atoms with van der Waals surface area (Å²) in [7, 11) is 0. The summed E-state index contributed by atoms with van der Waals surface area (Å²) < 4.78 is 47.3. The maximum absolute atomic E-state index is 14.5. The molecule has 1 aromatic heterocycles. The van der Waals surface area contributed by atoms with Crippen molar-refractivity contribution in [1.29, 1.82) is 0 Å². The average Bonchev–Trinajstić information content (AvgIpc) is 3.44. The number of benzene rings is 2. The van der Waals surface area contributed by atoms with Gasteiger partial charge in [-0.05, 0) is 29.8 Å². The predicted molar refractivity (Wildman–Crippen MR) is 110 cm³/mol. The number of aromatic nitrogens is 2. The van der Waals surface area contributed by atoms with Crippen molar-refractivity contribution in [3.05, 3.63) is 76.2 Å². The van der Waals surface area contributed by atoms with E-state index in [4.69, 9.17) is 14.2 Å². The highest BCUT2D eigenvalue weighted by Crippen LogP contribution is 2.46. The zero-order valence-electron chi connectivity index (χ0n) is 17.0. The molecule has 0 radical (unpaired) electrons. The number of ether oxygens (including phenoxy) is 3. The van der Waals surface area contributed by atoms with E-state index in [2.05, 4.69) is 9.88 Å². The van der Waals surface area contributed by atoms with Crippen molar-refractivity contribution >= 4 is 5.82 Å². The molecule has 0 amide bonds. The fourth-order valence-corrected chi connectivity index (χ4v) is 4.82. The summed E-state index contributed by atoms with van der Waals surface area (Å²) in [5.41, 5.74) is -0.334. The molecule has 3 aliphatic rings. The Balaban J connectivity index is 1.21. The molecule has 164 valence electrons. The molecule has 32 heavy (non-hydrogen) atoms. The Morgan fingerprint density at radius 2 is 1.94 bits per heavy atom. The number of hydrogen-bond donors (Lipinski definition) is 0. The third kappa shape index (κ3) is 3.03. The Bertz CT molecular complexity index is 1240. The lowest BCUT2D eigenvalue weighted by molar-refractivity contribution is 0.0856. The van der Waals surface area contributed by atoms with Crippen LogP contribution in [0.1, 0.15) is 12.0 Å². The van der Waals surface area contributed by atoms with Crippen molar-refractivity contribution in [2.75, 3.05) is 18.1 Å². The molecule has 6 rings (SSSR count). The number of anilines is 1. The quantitative estimate of drug-likeness (QED) is 0.608. The molecule has 4 heterocycles. The minimum atomic E-state index is -0.843. The van der Waals surface area contributed by atoms with Gasteiger partial charge in [0.15, 0.2) is 17.4 Å². The van der Waals surface area contributed by atoms with Crippen LogP contribution in [0.4, 0.5) is 14.6 Å². The van der Waals surface area contributed by atoms with Crippen molar-refractivity contribution in [3.8, 4) is 17.4 Å². The highest BCUT2D eigenvalue weighted by atomic mass is 19.1. The fraction of sp³-hybridized carbons (Fsp3) is 0.304. The van der Waals surface area contributed by atoms with Crippen LogP contribution in [0.15, 0.2) is 53.3 Å². The largest absolute Gasteiger partial charge is 0.473 e. The van der Waals surface area contributed by atoms with Crippen LogP contribution >= 0.6 is 0 Å². The van der Waals surface area contributed by atoms with Crippen molar-refractivity contribution in [2.45, 2.75) is 31.2 Å². The van der Waals surface area contributed by atoms with Gasteiger partial charge in [0.1, 0.15) is 18.2 Å². The summed E-state index contributed by atoms with van der Waals surface area (Å²) in [4.78, 5) is 18.7. The monoisotopic (exact) mass is 439 g/mol. The second kappa shape index (κ2) is 7.03. The maximum atomic E-state index is 14.5. The fourth-order valence-electron chi connectivity index (χ4n) is 4.82. The Morgan fingerprint density at radius 1 is 1.16 bits per heavy atom. The number of halogens is 2. The molecule has 2 bridgehead atoms. The zero-order chi connectivity index (χ0) is 21.9. The molecule has 0 saturated carbocycles. The summed E-state index contributed by atoms with van der Waals surface area (Å²) in [5.74, 6) is -0.975. The minimum absolute atomic E-state index is 0.118.